The van der Waals surface area contributed by atoms with Gasteiger partial charge in [-0.25, -0.2) is 0 Å². The first-order valence-corrected chi connectivity index (χ1v) is 23.7. The van der Waals surface area contributed by atoms with E-state index < -0.39 is 114 Å². The van der Waals surface area contributed by atoms with Gasteiger partial charge in [0.25, 0.3) is 0 Å². The molecule has 3 saturated heterocycles. The molecule has 18 atom stereocenters. The molecule has 17 heteroatoms. The zero-order valence-electron chi connectivity index (χ0n) is 41.6. The summed E-state index contributed by atoms with van der Waals surface area (Å²) in [6.45, 7) is 16.4. The molecule has 1 aromatic carbocycles. The van der Waals surface area contributed by atoms with Crippen molar-refractivity contribution < 1.29 is 68.0 Å². The maximum absolute atomic E-state index is 14.5. The molecule has 0 saturated carbocycles. The number of amides is 1. The number of likely N-dealkylation sites (N-methyl/N-ethyl adjacent to an activating group) is 1. The number of aromatic nitrogens is 1. The number of hydrogen-bond donors (Lipinski definition) is 5. The third-order valence-electron chi connectivity index (χ3n) is 14.1. The molecule has 3 aliphatic rings. The molecule has 1 amide bonds. The summed E-state index contributed by atoms with van der Waals surface area (Å²) in [6.07, 6.45) is -4.99. The Labute approximate surface area is 395 Å². The fourth-order valence-corrected chi connectivity index (χ4v) is 10.1. The van der Waals surface area contributed by atoms with Crippen LogP contribution in [0.2, 0.25) is 0 Å². The number of fused-ring (bicyclic) bond motifs is 1. The topological polar surface area (TPSA) is 225 Å². The molecule has 1 aromatic heterocycles. The average molecular weight is 944 g/mol. The van der Waals surface area contributed by atoms with Gasteiger partial charge in [0.15, 0.2) is 18.7 Å². The van der Waals surface area contributed by atoms with Gasteiger partial charge in [0.2, 0.25) is 5.91 Å². The van der Waals surface area contributed by atoms with Crippen molar-refractivity contribution in [3.63, 3.8) is 0 Å². The minimum Gasteiger partial charge on any atom is -0.459 e. The smallest absolute Gasteiger partial charge is 0.311 e. The van der Waals surface area contributed by atoms with E-state index in [2.05, 4.69) is 10.3 Å². The molecular formula is C50H77N3O14. The number of aliphatic hydroxyl groups is 4. The number of nitrogens with one attached hydrogen (secondary N) is 1. The van der Waals surface area contributed by atoms with Crippen LogP contribution in [-0.2, 0) is 47.5 Å². The molecule has 3 aliphatic heterocycles. The van der Waals surface area contributed by atoms with Crippen molar-refractivity contribution in [2.24, 2.45) is 17.8 Å². The molecule has 5 N–H and O–H groups in total. The van der Waals surface area contributed by atoms with Crippen LogP contribution in [-0.4, -0.2) is 160 Å². The number of aliphatic hydroxyl groups excluding tert-OH is 2. The molecule has 0 bridgehead atoms. The van der Waals surface area contributed by atoms with Crippen LogP contribution in [0.15, 0.2) is 42.6 Å². The lowest BCUT2D eigenvalue weighted by Crippen LogP contribution is -2.61. The van der Waals surface area contributed by atoms with E-state index in [0.29, 0.717) is 6.42 Å². The summed E-state index contributed by atoms with van der Waals surface area (Å²) < 4.78 is 44.4. The van der Waals surface area contributed by atoms with Gasteiger partial charge in [-0.3, -0.25) is 19.4 Å². The molecule has 5 rings (SSSR count). The van der Waals surface area contributed by atoms with E-state index in [9.17, 15) is 34.8 Å². The number of nitrogens with zero attached hydrogens (tertiary/aromatic N) is 2. The zero-order valence-corrected chi connectivity index (χ0v) is 41.6. The minimum absolute atomic E-state index is 0.0310. The first-order chi connectivity index (χ1) is 31.3. The van der Waals surface area contributed by atoms with Gasteiger partial charge in [-0.15, -0.1) is 0 Å². The van der Waals surface area contributed by atoms with E-state index in [4.69, 9.17) is 33.2 Å². The van der Waals surface area contributed by atoms with Crippen molar-refractivity contribution in [2.45, 2.75) is 192 Å². The number of ether oxygens (including phenoxy) is 7. The van der Waals surface area contributed by atoms with Gasteiger partial charge >= 0.3 is 11.9 Å². The molecule has 3 fully saturated rings. The van der Waals surface area contributed by atoms with Crippen molar-refractivity contribution in [1.82, 2.24) is 15.2 Å². The number of esters is 2. The van der Waals surface area contributed by atoms with E-state index in [1.165, 1.54) is 21.0 Å². The van der Waals surface area contributed by atoms with Crippen LogP contribution in [0, 0.1) is 17.8 Å². The summed E-state index contributed by atoms with van der Waals surface area (Å²) in [4.78, 5) is 47.8. The second kappa shape index (κ2) is 22.4. The second-order valence-electron chi connectivity index (χ2n) is 20.1. The summed E-state index contributed by atoms with van der Waals surface area (Å²) >= 11 is 0. The molecule has 0 unspecified atom stereocenters. The average Bonchev–Trinajstić information content (AvgIpc) is 3.26. The Balaban J connectivity index is 1.47. The summed E-state index contributed by atoms with van der Waals surface area (Å²) in [6, 6.07) is 8.67. The van der Waals surface area contributed by atoms with Crippen LogP contribution in [0.1, 0.15) is 107 Å². The first-order valence-electron chi connectivity index (χ1n) is 23.7. The number of rotatable bonds is 11. The summed E-state index contributed by atoms with van der Waals surface area (Å²) in [5.41, 5.74) is -3.31. The van der Waals surface area contributed by atoms with Crippen molar-refractivity contribution in [3.8, 4) is 0 Å². The van der Waals surface area contributed by atoms with E-state index in [0.717, 1.165) is 16.5 Å². The van der Waals surface area contributed by atoms with Crippen LogP contribution in [0.4, 0.5) is 0 Å². The van der Waals surface area contributed by atoms with E-state index in [1.54, 1.807) is 60.7 Å². The Morgan fingerprint density at radius 2 is 1.66 bits per heavy atom. The Hall–Kier alpha value is -3.62. The monoisotopic (exact) mass is 944 g/mol. The van der Waals surface area contributed by atoms with Gasteiger partial charge in [0.1, 0.15) is 23.4 Å². The maximum Gasteiger partial charge on any atom is 0.311 e. The number of benzene rings is 1. The number of pyridine rings is 1. The van der Waals surface area contributed by atoms with Crippen molar-refractivity contribution >= 4 is 34.8 Å². The number of hydrogen-bond acceptors (Lipinski definition) is 16. The van der Waals surface area contributed by atoms with Gasteiger partial charge in [-0.1, -0.05) is 51.1 Å². The SMILES string of the molecule is CC[C@@H]1OC(=O)[C@H](C)[C@H](O[C@H]2C[C@@](C)(OC)[C@@H](OC(=O)C/C=C/c3cnc4ccccc4c3)[C@H](C)O2)[C@H](C)[C@@H](O[C@@H]2O[C@H](C)C[C@H](N(C)C)[C@H]2O)[C@@](C)(O)C[C@@H](C)NC(=O)[C@@H](C)[C@@H](O)[C@]1(C)O. The highest BCUT2D eigenvalue weighted by atomic mass is 16.7. The Morgan fingerprint density at radius 1 is 0.970 bits per heavy atom. The lowest BCUT2D eigenvalue weighted by Gasteiger charge is -2.49. The van der Waals surface area contributed by atoms with Crippen LogP contribution < -0.4 is 5.32 Å². The molecule has 4 heterocycles. The fraction of sp³-hybridized carbons (Fsp3) is 0.720. The Kier molecular flexibility index (Phi) is 18.2. The van der Waals surface area contributed by atoms with E-state index >= 15 is 0 Å². The fourth-order valence-electron chi connectivity index (χ4n) is 10.1. The normalized spacial score (nSPS) is 40.8. The van der Waals surface area contributed by atoms with Gasteiger partial charge < -0.3 is 63.8 Å². The molecule has 0 radical (unpaired) electrons. The number of methoxy groups -OCH3 is 1. The summed E-state index contributed by atoms with van der Waals surface area (Å²) in [5.74, 6) is -5.10. The van der Waals surface area contributed by atoms with Crippen LogP contribution in [0.25, 0.3) is 17.0 Å². The zero-order chi connectivity index (χ0) is 49.8. The molecule has 67 heavy (non-hydrogen) atoms. The predicted octanol–water partition coefficient (Wildman–Crippen LogP) is 4.29. The highest BCUT2D eigenvalue weighted by Gasteiger charge is 2.54. The maximum atomic E-state index is 14.5. The summed E-state index contributed by atoms with van der Waals surface area (Å²) in [5, 5.41) is 51.2. The van der Waals surface area contributed by atoms with Gasteiger partial charge in [0, 0.05) is 43.1 Å². The van der Waals surface area contributed by atoms with Crippen molar-refractivity contribution in [1.29, 1.82) is 0 Å². The number of carbonyl (C=O) groups is 3. The molecule has 376 valence electrons. The lowest BCUT2D eigenvalue weighted by molar-refractivity contribution is -0.318. The molecule has 0 aliphatic carbocycles. The molecule has 0 spiro atoms. The third-order valence-corrected chi connectivity index (χ3v) is 14.1. The Morgan fingerprint density at radius 3 is 2.31 bits per heavy atom. The highest BCUT2D eigenvalue weighted by Crippen LogP contribution is 2.40. The van der Waals surface area contributed by atoms with Crippen LogP contribution in [0.5, 0.6) is 0 Å². The molecule has 2 aromatic rings. The third kappa shape index (κ3) is 12.8. The summed E-state index contributed by atoms with van der Waals surface area (Å²) in [7, 11) is 5.19. The number of cyclic esters (lactones) is 1. The van der Waals surface area contributed by atoms with Crippen molar-refractivity contribution in [2.75, 3.05) is 21.2 Å². The molecule has 17 nitrogen and oxygen atoms in total. The minimum atomic E-state index is -2.06. The van der Waals surface area contributed by atoms with Crippen molar-refractivity contribution in [3.05, 3.63) is 48.2 Å². The van der Waals surface area contributed by atoms with Gasteiger partial charge in [-0.05, 0) is 99.5 Å². The predicted molar refractivity (Wildman–Crippen MR) is 249 cm³/mol. The van der Waals surface area contributed by atoms with Crippen LogP contribution in [0.3, 0.4) is 0 Å². The Bertz CT molecular complexity index is 2010. The lowest BCUT2D eigenvalue weighted by atomic mass is 9.78. The van der Waals surface area contributed by atoms with Crippen LogP contribution >= 0.6 is 0 Å². The van der Waals surface area contributed by atoms with Gasteiger partial charge in [-0.2, -0.15) is 0 Å². The quantitative estimate of drug-likeness (QED) is 0.198. The largest absolute Gasteiger partial charge is 0.459 e. The van der Waals surface area contributed by atoms with E-state index in [1.807, 2.05) is 62.3 Å². The van der Waals surface area contributed by atoms with E-state index in [-0.39, 0.29) is 37.8 Å². The number of carbonyl (C=O) groups excluding carboxylic acids is 3. The standard InChI is InChI=1S/C50H77N3O14/c1-14-37-50(10,60)42(56)31(6)45(57)52-27(2)24-48(8,59)43(67-47-40(55)36(53(11)12)22-28(3)62-47)29(4)41(30(5)46(58)64-37)66-39-25-49(9,61-13)44(32(7)63-39)65-38(54)21-17-18-33-23-34-19-15-16-20-35(34)51-26-33/h15-20,23,26-32,36-37,39-44,47,55-56,59-60H,14,21-22,24-25H2,1-13H3,(H,52,57)/b18-17+/t27-,28-,29+,30-,31+,32+,36+,37+,39+,40-,41-,42-,43-,44+,47+,48+,49-,50-/m1/s1. The second-order valence-corrected chi connectivity index (χ2v) is 20.1. The van der Waals surface area contributed by atoms with Gasteiger partial charge in [0.05, 0.1) is 59.9 Å². The molecular weight excluding hydrogens is 867 g/mol. The first kappa shape index (κ1) is 54.3. The number of para-hydroxylation sites is 1. The highest BCUT2D eigenvalue weighted by molar-refractivity contribution is 5.81.